The third-order valence-corrected chi connectivity index (χ3v) is 4.70. The number of allylic oxidation sites excluding steroid dienone is 1. The van der Waals surface area contributed by atoms with Gasteiger partial charge in [-0.15, -0.1) is 0 Å². The lowest BCUT2D eigenvalue weighted by Gasteiger charge is -2.06. The van der Waals surface area contributed by atoms with Crippen LogP contribution in [0.1, 0.15) is 16.7 Å². The summed E-state index contributed by atoms with van der Waals surface area (Å²) < 4.78 is 24.8. The Morgan fingerprint density at radius 3 is 2.41 bits per heavy atom. The fourth-order valence-corrected chi connectivity index (χ4v) is 3.11. The fourth-order valence-electron chi connectivity index (χ4n) is 2.01. The van der Waals surface area contributed by atoms with E-state index in [1.54, 1.807) is 44.2 Å². The lowest BCUT2D eigenvalue weighted by Crippen LogP contribution is -2.05. The van der Waals surface area contributed by atoms with Crippen LogP contribution < -0.4 is 0 Å². The van der Waals surface area contributed by atoms with Gasteiger partial charge in [-0.2, -0.15) is 5.26 Å². The van der Waals surface area contributed by atoms with Gasteiger partial charge in [0.15, 0.2) is 9.93 Å². The van der Waals surface area contributed by atoms with Gasteiger partial charge < -0.3 is 5.11 Å². The molecule has 0 aliphatic heterocycles. The van der Waals surface area contributed by atoms with E-state index < -0.39 is 14.7 Å². The van der Waals surface area contributed by atoms with Gasteiger partial charge in [0.1, 0.15) is 11.8 Å². The van der Waals surface area contributed by atoms with Gasteiger partial charge in [0.05, 0.1) is 0 Å². The molecule has 0 radical (unpaired) electrons. The summed E-state index contributed by atoms with van der Waals surface area (Å²) in [6.07, 6.45) is 2.64. The number of pyridine rings is 1. The van der Waals surface area contributed by atoms with Crippen molar-refractivity contribution in [3.05, 3.63) is 58.1 Å². The number of benzene rings is 1. The van der Waals surface area contributed by atoms with E-state index in [1.807, 2.05) is 0 Å². The summed E-state index contributed by atoms with van der Waals surface area (Å²) in [6, 6.07) is 9.44. The molecule has 1 aromatic carbocycles. The summed E-state index contributed by atoms with van der Waals surface area (Å²) in [6.45, 7) is 3.41. The second-order valence-electron chi connectivity index (χ2n) is 4.80. The Kier molecular flexibility index (Phi) is 4.29. The van der Waals surface area contributed by atoms with E-state index in [0.29, 0.717) is 16.7 Å². The molecule has 112 valence electrons. The van der Waals surface area contributed by atoms with Crippen molar-refractivity contribution in [2.24, 2.45) is 0 Å². The number of sulfone groups is 1. The van der Waals surface area contributed by atoms with Crippen LogP contribution in [0.5, 0.6) is 5.75 Å². The zero-order valence-electron chi connectivity index (χ0n) is 12.1. The molecule has 2 aromatic rings. The normalized spacial score (nSPS) is 12.0. The van der Waals surface area contributed by atoms with Crippen molar-refractivity contribution >= 4 is 15.9 Å². The Morgan fingerprint density at radius 2 is 1.91 bits per heavy atom. The van der Waals surface area contributed by atoms with Gasteiger partial charge in [-0.25, -0.2) is 13.4 Å². The lowest BCUT2D eigenvalue weighted by atomic mass is 10.1. The van der Waals surface area contributed by atoms with Crippen LogP contribution in [0.25, 0.3) is 6.08 Å². The molecule has 0 saturated heterocycles. The highest BCUT2D eigenvalue weighted by atomic mass is 32.2. The minimum absolute atomic E-state index is 0.156. The molecule has 1 aromatic heterocycles. The molecule has 0 saturated carbocycles. The first-order valence-electron chi connectivity index (χ1n) is 6.44. The van der Waals surface area contributed by atoms with Gasteiger partial charge in [0.25, 0.3) is 0 Å². The molecule has 0 unspecified atom stereocenters. The molecule has 5 nitrogen and oxygen atoms in total. The third kappa shape index (κ3) is 3.00. The van der Waals surface area contributed by atoms with Crippen LogP contribution in [0.4, 0.5) is 0 Å². The van der Waals surface area contributed by atoms with Crippen molar-refractivity contribution in [1.82, 2.24) is 4.98 Å². The van der Waals surface area contributed by atoms with Crippen molar-refractivity contribution in [3.63, 3.8) is 0 Å². The predicted octanol–water partition coefficient (Wildman–Crippen LogP) is 2.74. The summed E-state index contributed by atoms with van der Waals surface area (Å²) in [5.41, 5.74) is 1.75. The second-order valence-corrected chi connectivity index (χ2v) is 6.66. The number of nitriles is 1. The third-order valence-electron chi connectivity index (χ3n) is 3.12. The van der Waals surface area contributed by atoms with E-state index in [1.165, 1.54) is 18.3 Å². The van der Waals surface area contributed by atoms with E-state index in [9.17, 15) is 18.8 Å². The molecule has 0 aliphatic rings. The Bertz CT molecular complexity index is 856. The fraction of sp³-hybridized carbons (Fsp3) is 0.125. The average Bonchev–Trinajstić information content (AvgIpc) is 2.50. The van der Waals surface area contributed by atoms with E-state index in [2.05, 4.69) is 4.98 Å². The van der Waals surface area contributed by atoms with Gasteiger partial charge in [0.2, 0.25) is 9.84 Å². The van der Waals surface area contributed by atoms with E-state index in [-0.39, 0.29) is 10.8 Å². The lowest BCUT2D eigenvalue weighted by molar-refractivity contribution is 0.467. The van der Waals surface area contributed by atoms with Crippen LogP contribution in [0, 0.1) is 25.2 Å². The summed E-state index contributed by atoms with van der Waals surface area (Å²) in [4.78, 5) is 3.40. The molecule has 0 spiro atoms. The van der Waals surface area contributed by atoms with Crippen molar-refractivity contribution in [3.8, 4) is 11.8 Å². The number of hydrogen-bond acceptors (Lipinski definition) is 5. The van der Waals surface area contributed by atoms with Gasteiger partial charge in [-0.3, -0.25) is 0 Å². The summed E-state index contributed by atoms with van der Waals surface area (Å²) in [5.74, 6) is 0.156. The van der Waals surface area contributed by atoms with Gasteiger partial charge in [0, 0.05) is 6.20 Å². The largest absolute Gasteiger partial charge is 0.507 e. The highest BCUT2D eigenvalue weighted by molar-refractivity contribution is 7.95. The molecule has 6 heteroatoms. The SMILES string of the molecule is Cc1cc(/C=C(/C#N)S(=O)(=O)c2ccccn2)cc(C)c1O. The molecule has 0 fully saturated rings. The molecule has 2 rings (SSSR count). The zero-order chi connectivity index (χ0) is 16.3. The highest BCUT2D eigenvalue weighted by Gasteiger charge is 2.22. The molecule has 1 heterocycles. The second kappa shape index (κ2) is 6.00. The first-order valence-corrected chi connectivity index (χ1v) is 7.92. The maximum atomic E-state index is 12.4. The highest BCUT2D eigenvalue weighted by Crippen LogP contribution is 2.26. The Balaban J connectivity index is 2.56. The standard InChI is InChI=1S/C16H14N2O3S/c1-11-7-13(8-12(2)16(11)19)9-14(10-17)22(20,21)15-5-3-4-6-18-15/h3-9,19H,1-2H3/b14-9-. The molecular formula is C16H14N2O3S. The van der Waals surface area contributed by atoms with Gasteiger partial charge >= 0.3 is 0 Å². The average molecular weight is 314 g/mol. The Hall–Kier alpha value is -2.65. The molecule has 0 bridgehead atoms. The van der Waals surface area contributed by atoms with Crippen LogP contribution in [0.15, 0.2) is 46.5 Å². The molecule has 0 aliphatic carbocycles. The smallest absolute Gasteiger partial charge is 0.233 e. The van der Waals surface area contributed by atoms with Crippen LogP contribution >= 0.6 is 0 Å². The topological polar surface area (TPSA) is 91.0 Å². The number of aromatic nitrogens is 1. The maximum Gasteiger partial charge on any atom is 0.233 e. The minimum atomic E-state index is -3.96. The van der Waals surface area contributed by atoms with Crippen LogP contribution in [-0.2, 0) is 9.84 Å². The summed E-state index contributed by atoms with van der Waals surface area (Å²) >= 11 is 0. The minimum Gasteiger partial charge on any atom is -0.507 e. The van der Waals surface area contributed by atoms with Crippen LogP contribution in [0.2, 0.25) is 0 Å². The summed E-state index contributed by atoms with van der Waals surface area (Å²) in [5, 5.41) is 18.8. The van der Waals surface area contributed by atoms with Crippen molar-refractivity contribution in [2.75, 3.05) is 0 Å². The first-order chi connectivity index (χ1) is 10.4. The number of phenolic OH excluding ortho intramolecular Hbond substituents is 1. The van der Waals surface area contributed by atoms with Crippen molar-refractivity contribution < 1.29 is 13.5 Å². The van der Waals surface area contributed by atoms with E-state index in [4.69, 9.17) is 0 Å². The summed E-state index contributed by atoms with van der Waals surface area (Å²) in [7, 11) is -3.96. The number of rotatable bonds is 3. The number of aryl methyl sites for hydroxylation is 2. The number of hydrogen-bond donors (Lipinski definition) is 1. The van der Waals surface area contributed by atoms with Gasteiger partial charge in [-0.05, 0) is 60.9 Å². The van der Waals surface area contributed by atoms with Gasteiger partial charge in [-0.1, -0.05) is 6.07 Å². The molecule has 22 heavy (non-hydrogen) atoms. The first kappa shape index (κ1) is 15.7. The maximum absolute atomic E-state index is 12.4. The van der Waals surface area contributed by atoms with Crippen LogP contribution in [-0.4, -0.2) is 18.5 Å². The number of nitrogens with zero attached hydrogens (tertiary/aromatic N) is 2. The number of phenols is 1. The zero-order valence-corrected chi connectivity index (χ0v) is 12.9. The van der Waals surface area contributed by atoms with E-state index in [0.717, 1.165) is 0 Å². The molecule has 0 atom stereocenters. The quantitative estimate of drug-likeness (QED) is 0.880. The van der Waals surface area contributed by atoms with Crippen molar-refractivity contribution in [1.29, 1.82) is 5.26 Å². The monoisotopic (exact) mass is 314 g/mol. The molecule has 1 N–H and O–H groups in total. The van der Waals surface area contributed by atoms with Crippen molar-refractivity contribution in [2.45, 2.75) is 18.9 Å². The number of aromatic hydroxyl groups is 1. The van der Waals surface area contributed by atoms with Crippen LogP contribution in [0.3, 0.4) is 0 Å². The molecule has 0 amide bonds. The molecular weight excluding hydrogens is 300 g/mol. The predicted molar refractivity (Wildman–Crippen MR) is 82.6 cm³/mol. The Labute approximate surface area is 129 Å². The van der Waals surface area contributed by atoms with E-state index >= 15 is 0 Å². The Morgan fingerprint density at radius 1 is 1.27 bits per heavy atom.